The number of nitriles is 1. The highest BCUT2D eigenvalue weighted by atomic mass is 32.2. The predicted octanol–water partition coefficient (Wildman–Crippen LogP) is 3.93. The first kappa shape index (κ1) is 22.0. The lowest BCUT2D eigenvalue weighted by Gasteiger charge is -2.22. The highest BCUT2D eigenvalue weighted by Crippen LogP contribution is 2.20. The molecule has 1 amide bonds. The fourth-order valence-corrected chi connectivity index (χ4v) is 4.93. The van der Waals surface area contributed by atoms with Gasteiger partial charge in [0.1, 0.15) is 0 Å². The van der Waals surface area contributed by atoms with E-state index in [0.29, 0.717) is 24.9 Å². The van der Waals surface area contributed by atoms with Crippen LogP contribution in [0.25, 0.3) is 0 Å². The van der Waals surface area contributed by atoms with Crippen molar-refractivity contribution in [2.75, 3.05) is 5.32 Å². The van der Waals surface area contributed by atoms with Crippen LogP contribution < -0.4 is 10.0 Å². The first-order valence-electron chi connectivity index (χ1n) is 10.3. The summed E-state index contributed by atoms with van der Waals surface area (Å²) in [5.74, 6) is -0.112. The molecule has 1 aliphatic rings. The maximum Gasteiger partial charge on any atom is 0.240 e. The van der Waals surface area contributed by atoms with Gasteiger partial charge in [-0.25, -0.2) is 13.1 Å². The SMILES string of the molecule is N#CCc1ccc(NC(=O)CCc2ccc(S(=O)(=O)NC3CCCCC3)cc2)cc1. The van der Waals surface area contributed by atoms with Gasteiger partial charge in [0.15, 0.2) is 0 Å². The number of rotatable bonds is 8. The minimum Gasteiger partial charge on any atom is -0.326 e. The van der Waals surface area contributed by atoms with E-state index in [1.807, 2.05) is 12.1 Å². The number of anilines is 1. The van der Waals surface area contributed by atoms with Crippen LogP contribution in [-0.4, -0.2) is 20.4 Å². The molecule has 2 aromatic carbocycles. The van der Waals surface area contributed by atoms with Crippen molar-refractivity contribution in [3.63, 3.8) is 0 Å². The second kappa shape index (κ2) is 10.4. The van der Waals surface area contributed by atoms with E-state index in [2.05, 4.69) is 16.1 Å². The molecule has 7 heteroatoms. The van der Waals surface area contributed by atoms with E-state index in [1.165, 1.54) is 6.42 Å². The molecule has 1 aliphatic carbocycles. The lowest BCUT2D eigenvalue weighted by Crippen LogP contribution is -2.36. The van der Waals surface area contributed by atoms with Gasteiger partial charge in [0, 0.05) is 18.2 Å². The molecule has 0 unspecified atom stereocenters. The molecule has 1 fully saturated rings. The Morgan fingerprint density at radius 2 is 1.60 bits per heavy atom. The highest BCUT2D eigenvalue weighted by Gasteiger charge is 2.21. The summed E-state index contributed by atoms with van der Waals surface area (Å²) in [6.07, 6.45) is 6.27. The van der Waals surface area contributed by atoms with Crippen LogP contribution in [0.3, 0.4) is 0 Å². The summed E-state index contributed by atoms with van der Waals surface area (Å²) in [5.41, 5.74) is 2.51. The number of carbonyl (C=O) groups is 1. The minimum absolute atomic E-state index is 0.0288. The number of carbonyl (C=O) groups excluding carboxylic acids is 1. The fraction of sp³-hybridized carbons (Fsp3) is 0.391. The number of nitrogens with zero attached hydrogens (tertiary/aromatic N) is 1. The van der Waals surface area contributed by atoms with Gasteiger partial charge in [-0.2, -0.15) is 5.26 Å². The number of sulfonamides is 1. The average Bonchev–Trinajstić information content (AvgIpc) is 2.75. The average molecular weight is 426 g/mol. The topological polar surface area (TPSA) is 99.1 Å². The summed E-state index contributed by atoms with van der Waals surface area (Å²) < 4.78 is 27.9. The number of benzene rings is 2. The molecule has 2 N–H and O–H groups in total. The molecule has 1 saturated carbocycles. The molecule has 2 aromatic rings. The lowest BCUT2D eigenvalue weighted by atomic mass is 9.96. The van der Waals surface area contributed by atoms with Crippen molar-refractivity contribution in [3.8, 4) is 6.07 Å². The van der Waals surface area contributed by atoms with E-state index in [9.17, 15) is 13.2 Å². The van der Waals surface area contributed by atoms with Crippen molar-refractivity contribution < 1.29 is 13.2 Å². The molecule has 0 heterocycles. The summed E-state index contributed by atoms with van der Waals surface area (Å²) in [6.45, 7) is 0. The standard InChI is InChI=1S/C23H27N3O3S/c24-17-16-19-6-11-20(12-7-19)25-23(27)15-10-18-8-13-22(14-9-18)30(28,29)26-21-4-2-1-3-5-21/h6-9,11-14,21,26H,1-5,10,15-16H2,(H,25,27). The van der Waals surface area contributed by atoms with Crippen molar-refractivity contribution in [2.45, 2.75) is 62.3 Å². The van der Waals surface area contributed by atoms with Crippen molar-refractivity contribution in [2.24, 2.45) is 0 Å². The Hall–Kier alpha value is -2.69. The minimum atomic E-state index is -3.51. The number of hydrogen-bond donors (Lipinski definition) is 2. The molecule has 0 radical (unpaired) electrons. The maximum atomic E-state index is 12.6. The Bertz CT molecular complexity index is 987. The zero-order valence-corrected chi connectivity index (χ0v) is 17.7. The molecule has 6 nitrogen and oxygen atoms in total. The summed E-state index contributed by atoms with van der Waals surface area (Å²) in [6, 6.07) is 16.0. The zero-order valence-electron chi connectivity index (χ0n) is 16.9. The molecule has 0 aliphatic heterocycles. The second-order valence-corrected chi connectivity index (χ2v) is 9.39. The number of hydrogen-bond acceptors (Lipinski definition) is 4. The third kappa shape index (κ3) is 6.41. The smallest absolute Gasteiger partial charge is 0.240 e. The third-order valence-corrected chi connectivity index (χ3v) is 6.86. The normalized spacial score (nSPS) is 14.8. The molecule has 3 rings (SSSR count). The molecular weight excluding hydrogens is 398 g/mol. The molecule has 0 aromatic heterocycles. The fourth-order valence-electron chi connectivity index (χ4n) is 3.62. The Morgan fingerprint density at radius 3 is 2.23 bits per heavy atom. The summed E-state index contributed by atoms with van der Waals surface area (Å²) in [4.78, 5) is 12.4. The lowest BCUT2D eigenvalue weighted by molar-refractivity contribution is -0.116. The number of amides is 1. The monoisotopic (exact) mass is 425 g/mol. The third-order valence-electron chi connectivity index (χ3n) is 5.32. The largest absolute Gasteiger partial charge is 0.326 e. The molecule has 0 bridgehead atoms. The van der Waals surface area contributed by atoms with E-state index in [1.54, 1.807) is 36.4 Å². The van der Waals surface area contributed by atoms with Crippen LogP contribution in [0.2, 0.25) is 0 Å². The molecule has 0 spiro atoms. The molecular formula is C23H27N3O3S. The van der Waals surface area contributed by atoms with Crippen molar-refractivity contribution in [1.82, 2.24) is 4.72 Å². The van der Waals surface area contributed by atoms with Gasteiger partial charge in [-0.15, -0.1) is 0 Å². The Morgan fingerprint density at radius 1 is 0.967 bits per heavy atom. The van der Waals surface area contributed by atoms with Crippen LogP contribution in [0.4, 0.5) is 5.69 Å². The van der Waals surface area contributed by atoms with Gasteiger partial charge in [-0.05, 0) is 54.7 Å². The van der Waals surface area contributed by atoms with E-state index < -0.39 is 10.0 Å². The highest BCUT2D eigenvalue weighted by molar-refractivity contribution is 7.89. The number of aryl methyl sites for hydroxylation is 1. The summed E-state index contributed by atoms with van der Waals surface area (Å²) >= 11 is 0. The van der Waals surface area contributed by atoms with Crippen LogP contribution in [0, 0.1) is 11.3 Å². The molecule has 0 saturated heterocycles. The first-order valence-corrected chi connectivity index (χ1v) is 11.8. The van der Waals surface area contributed by atoms with Crippen LogP contribution in [0.15, 0.2) is 53.4 Å². The van der Waals surface area contributed by atoms with Crippen LogP contribution in [0.1, 0.15) is 49.7 Å². The van der Waals surface area contributed by atoms with Gasteiger partial charge >= 0.3 is 0 Å². The predicted molar refractivity (Wildman–Crippen MR) is 116 cm³/mol. The van der Waals surface area contributed by atoms with Gasteiger partial charge in [-0.1, -0.05) is 43.5 Å². The van der Waals surface area contributed by atoms with Gasteiger partial charge < -0.3 is 5.32 Å². The van der Waals surface area contributed by atoms with Crippen LogP contribution in [-0.2, 0) is 27.7 Å². The molecule has 158 valence electrons. The Labute approximate surface area is 178 Å². The summed E-state index contributed by atoms with van der Waals surface area (Å²) in [7, 11) is -3.51. The van der Waals surface area contributed by atoms with Crippen molar-refractivity contribution >= 4 is 21.6 Å². The molecule has 30 heavy (non-hydrogen) atoms. The Kier molecular flexibility index (Phi) is 7.61. The van der Waals surface area contributed by atoms with Gasteiger partial charge in [0.25, 0.3) is 0 Å². The van der Waals surface area contributed by atoms with Crippen molar-refractivity contribution in [1.29, 1.82) is 5.26 Å². The zero-order chi connectivity index (χ0) is 21.4. The van der Waals surface area contributed by atoms with E-state index in [-0.39, 0.29) is 16.8 Å². The second-order valence-electron chi connectivity index (χ2n) is 7.68. The first-order chi connectivity index (χ1) is 14.5. The quantitative estimate of drug-likeness (QED) is 0.669. The van der Waals surface area contributed by atoms with Gasteiger partial charge in [0.2, 0.25) is 15.9 Å². The summed E-state index contributed by atoms with van der Waals surface area (Å²) in [5, 5.41) is 11.5. The van der Waals surface area contributed by atoms with Gasteiger partial charge in [0.05, 0.1) is 17.4 Å². The van der Waals surface area contributed by atoms with E-state index in [0.717, 1.165) is 36.8 Å². The van der Waals surface area contributed by atoms with E-state index >= 15 is 0 Å². The number of nitrogens with one attached hydrogen (secondary N) is 2. The van der Waals surface area contributed by atoms with Crippen molar-refractivity contribution in [3.05, 3.63) is 59.7 Å². The van der Waals surface area contributed by atoms with Crippen LogP contribution >= 0.6 is 0 Å². The van der Waals surface area contributed by atoms with Crippen LogP contribution in [0.5, 0.6) is 0 Å². The van der Waals surface area contributed by atoms with E-state index in [4.69, 9.17) is 5.26 Å². The van der Waals surface area contributed by atoms with Gasteiger partial charge in [-0.3, -0.25) is 4.79 Å². The molecule has 0 atom stereocenters. The Balaban J connectivity index is 1.50. The maximum absolute atomic E-state index is 12.6.